The summed E-state index contributed by atoms with van der Waals surface area (Å²) in [7, 11) is 0. The first-order valence-corrected chi connectivity index (χ1v) is 6.51. The third kappa shape index (κ3) is 3.13. The molecule has 104 valence electrons. The Labute approximate surface area is 111 Å². The van der Waals surface area contributed by atoms with Crippen molar-refractivity contribution in [2.45, 2.75) is 32.7 Å². The molecule has 1 fully saturated rings. The van der Waals surface area contributed by atoms with Crippen LogP contribution in [0, 0.1) is 17.8 Å². The van der Waals surface area contributed by atoms with Gasteiger partial charge in [0.15, 0.2) is 0 Å². The number of carbonyl (C=O) groups is 2. The molecular weight excluding hydrogens is 248 g/mol. The molecule has 1 aromatic rings. The Kier molecular flexibility index (Phi) is 4.19. The minimum absolute atomic E-state index is 0.202. The summed E-state index contributed by atoms with van der Waals surface area (Å²) in [5, 5.41) is 15.6. The second kappa shape index (κ2) is 5.86. The number of rotatable bonds is 5. The molecule has 2 N–H and O–H groups in total. The molecule has 6 heteroatoms. The van der Waals surface area contributed by atoms with Crippen molar-refractivity contribution >= 4 is 11.9 Å². The standard InChI is InChI=1S/C13H18N2O4/c1-2-8-5-10(11(6-8)13(17)18)12(16)14-7-9-3-4-19-15-9/h3-4,8,10-11H,2,5-7H2,1H3,(H,14,16)(H,17,18). The maximum Gasteiger partial charge on any atom is 0.307 e. The molecule has 1 amide bonds. The molecule has 0 spiro atoms. The van der Waals surface area contributed by atoms with Crippen molar-refractivity contribution in [3.63, 3.8) is 0 Å². The van der Waals surface area contributed by atoms with Crippen molar-refractivity contribution in [1.29, 1.82) is 0 Å². The van der Waals surface area contributed by atoms with E-state index in [0.717, 1.165) is 6.42 Å². The van der Waals surface area contributed by atoms with Gasteiger partial charge in [0.2, 0.25) is 5.91 Å². The Morgan fingerprint density at radius 2 is 2.21 bits per heavy atom. The number of hydrogen-bond acceptors (Lipinski definition) is 4. The van der Waals surface area contributed by atoms with Crippen LogP contribution >= 0.6 is 0 Å². The van der Waals surface area contributed by atoms with Crippen LogP contribution in [0.2, 0.25) is 0 Å². The number of hydrogen-bond donors (Lipinski definition) is 2. The molecule has 1 aromatic heterocycles. The highest BCUT2D eigenvalue weighted by molar-refractivity contribution is 5.85. The van der Waals surface area contributed by atoms with Gasteiger partial charge in [-0.2, -0.15) is 0 Å². The summed E-state index contributed by atoms with van der Waals surface area (Å²) >= 11 is 0. The molecule has 3 atom stereocenters. The van der Waals surface area contributed by atoms with Gasteiger partial charge in [-0.3, -0.25) is 9.59 Å². The van der Waals surface area contributed by atoms with Gasteiger partial charge in [0, 0.05) is 6.07 Å². The lowest BCUT2D eigenvalue weighted by molar-refractivity contribution is -0.146. The van der Waals surface area contributed by atoms with Gasteiger partial charge >= 0.3 is 5.97 Å². The maximum atomic E-state index is 12.1. The lowest BCUT2D eigenvalue weighted by Gasteiger charge is -2.14. The first kappa shape index (κ1) is 13.6. The van der Waals surface area contributed by atoms with Gasteiger partial charge in [-0.25, -0.2) is 0 Å². The Morgan fingerprint density at radius 3 is 2.79 bits per heavy atom. The molecule has 1 heterocycles. The minimum Gasteiger partial charge on any atom is -0.481 e. The molecule has 3 unspecified atom stereocenters. The van der Waals surface area contributed by atoms with E-state index in [0.29, 0.717) is 24.5 Å². The van der Waals surface area contributed by atoms with Crippen LogP contribution in [-0.2, 0) is 16.1 Å². The summed E-state index contributed by atoms with van der Waals surface area (Å²) in [5.41, 5.74) is 0.630. The maximum absolute atomic E-state index is 12.1. The number of carboxylic acids is 1. The van der Waals surface area contributed by atoms with Crippen molar-refractivity contribution in [3.05, 3.63) is 18.0 Å². The van der Waals surface area contributed by atoms with Crippen LogP contribution in [0.1, 0.15) is 31.9 Å². The van der Waals surface area contributed by atoms with Crippen LogP contribution in [0.5, 0.6) is 0 Å². The Bertz CT molecular complexity index is 444. The second-order valence-corrected chi connectivity index (χ2v) is 5.01. The monoisotopic (exact) mass is 266 g/mol. The number of carboxylic acid groups (broad SMARTS) is 1. The zero-order valence-corrected chi connectivity index (χ0v) is 10.8. The van der Waals surface area contributed by atoms with E-state index in [1.54, 1.807) is 6.07 Å². The smallest absolute Gasteiger partial charge is 0.307 e. The lowest BCUT2D eigenvalue weighted by atomic mass is 9.95. The lowest BCUT2D eigenvalue weighted by Crippen LogP contribution is -2.35. The quantitative estimate of drug-likeness (QED) is 0.841. The zero-order valence-electron chi connectivity index (χ0n) is 10.8. The van der Waals surface area contributed by atoms with Crippen molar-refractivity contribution in [2.24, 2.45) is 17.8 Å². The van der Waals surface area contributed by atoms with E-state index in [2.05, 4.69) is 15.0 Å². The van der Waals surface area contributed by atoms with Gasteiger partial charge in [0.05, 0.1) is 18.4 Å². The summed E-state index contributed by atoms with van der Waals surface area (Å²) in [6.45, 7) is 2.30. The number of amides is 1. The summed E-state index contributed by atoms with van der Waals surface area (Å²) in [4.78, 5) is 23.3. The second-order valence-electron chi connectivity index (χ2n) is 5.01. The van der Waals surface area contributed by atoms with E-state index in [4.69, 9.17) is 0 Å². The topological polar surface area (TPSA) is 92.4 Å². The van der Waals surface area contributed by atoms with Gasteiger partial charge in [0.25, 0.3) is 0 Å². The van der Waals surface area contributed by atoms with Gasteiger partial charge in [-0.05, 0) is 18.8 Å². The molecule has 0 radical (unpaired) electrons. The number of carbonyl (C=O) groups excluding carboxylic acids is 1. The minimum atomic E-state index is -0.877. The average molecular weight is 266 g/mol. The van der Waals surface area contributed by atoms with E-state index in [9.17, 15) is 14.7 Å². The normalized spacial score (nSPS) is 26.3. The van der Waals surface area contributed by atoms with E-state index in [1.165, 1.54) is 6.26 Å². The molecular formula is C13H18N2O4. The van der Waals surface area contributed by atoms with Gasteiger partial charge in [0.1, 0.15) is 12.0 Å². The highest BCUT2D eigenvalue weighted by Crippen LogP contribution is 2.38. The molecule has 0 aromatic carbocycles. The predicted molar refractivity (Wildman–Crippen MR) is 66.0 cm³/mol. The highest BCUT2D eigenvalue weighted by atomic mass is 16.5. The Morgan fingerprint density at radius 1 is 1.47 bits per heavy atom. The number of nitrogens with one attached hydrogen (secondary N) is 1. The Hall–Kier alpha value is -1.85. The van der Waals surface area contributed by atoms with Crippen LogP contribution < -0.4 is 5.32 Å². The first-order chi connectivity index (χ1) is 9.11. The number of aromatic nitrogens is 1. The summed E-state index contributed by atoms with van der Waals surface area (Å²) in [5.74, 6) is -1.76. The third-order valence-electron chi connectivity index (χ3n) is 3.83. The van der Waals surface area contributed by atoms with Gasteiger partial charge < -0.3 is 14.9 Å². The van der Waals surface area contributed by atoms with Crippen molar-refractivity contribution in [2.75, 3.05) is 0 Å². The van der Waals surface area contributed by atoms with Crippen molar-refractivity contribution < 1.29 is 19.2 Å². The average Bonchev–Trinajstić information content (AvgIpc) is 3.04. The van der Waals surface area contributed by atoms with E-state index < -0.39 is 17.8 Å². The van der Waals surface area contributed by atoms with Gasteiger partial charge in [-0.15, -0.1) is 0 Å². The Balaban J connectivity index is 1.94. The van der Waals surface area contributed by atoms with Crippen LogP contribution in [0.25, 0.3) is 0 Å². The molecule has 0 aliphatic heterocycles. The molecule has 1 aliphatic carbocycles. The molecule has 2 rings (SSSR count). The summed E-state index contributed by atoms with van der Waals surface area (Å²) < 4.78 is 4.67. The van der Waals surface area contributed by atoms with Crippen molar-refractivity contribution in [3.8, 4) is 0 Å². The fraction of sp³-hybridized carbons (Fsp3) is 0.615. The molecule has 19 heavy (non-hydrogen) atoms. The largest absolute Gasteiger partial charge is 0.481 e. The van der Waals surface area contributed by atoms with Crippen LogP contribution in [0.4, 0.5) is 0 Å². The molecule has 0 saturated heterocycles. The zero-order chi connectivity index (χ0) is 13.8. The van der Waals surface area contributed by atoms with Crippen LogP contribution in [-0.4, -0.2) is 22.1 Å². The first-order valence-electron chi connectivity index (χ1n) is 6.51. The van der Waals surface area contributed by atoms with Crippen molar-refractivity contribution in [1.82, 2.24) is 10.5 Å². The fourth-order valence-electron chi connectivity index (χ4n) is 2.68. The fourth-order valence-corrected chi connectivity index (χ4v) is 2.68. The molecule has 1 aliphatic rings. The third-order valence-corrected chi connectivity index (χ3v) is 3.83. The number of aliphatic carboxylic acids is 1. The summed E-state index contributed by atoms with van der Waals surface area (Å²) in [6.07, 6.45) is 3.59. The summed E-state index contributed by atoms with van der Waals surface area (Å²) in [6, 6.07) is 1.67. The highest BCUT2D eigenvalue weighted by Gasteiger charge is 2.41. The van der Waals surface area contributed by atoms with Crippen LogP contribution in [0.15, 0.2) is 16.9 Å². The molecule has 1 saturated carbocycles. The van der Waals surface area contributed by atoms with E-state index in [1.807, 2.05) is 6.92 Å². The predicted octanol–water partition coefficient (Wildman–Crippen LogP) is 1.43. The van der Waals surface area contributed by atoms with Crippen LogP contribution in [0.3, 0.4) is 0 Å². The van der Waals surface area contributed by atoms with Gasteiger partial charge in [-0.1, -0.05) is 18.5 Å². The molecule has 6 nitrogen and oxygen atoms in total. The van der Waals surface area contributed by atoms with E-state index in [-0.39, 0.29) is 12.5 Å². The number of nitrogens with zero attached hydrogens (tertiary/aromatic N) is 1. The molecule has 0 bridgehead atoms. The SMILES string of the molecule is CCC1CC(C(=O)O)C(C(=O)NCc2ccon2)C1. The van der Waals surface area contributed by atoms with E-state index >= 15 is 0 Å².